The SMILES string of the molecule is Cc1ccccc1[C@@H]1[NH2+][C@@H](c2ccccc2C)[C@@H]([N+](=O)[O-])C(C)(C)[C@H]1[N+](=O)[O-]. The number of rotatable bonds is 4. The average Bonchev–Trinajstić information content (AvgIpc) is 2.60. The molecule has 0 spiro atoms. The second-order valence-electron chi connectivity index (χ2n) is 8.24. The molecule has 1 heterocycles. The first-order chi connectivity index (χ1) is 13.2. The summed E-state index contributed by atoms with van der Waals surface area (Å²) in [5.41, 5.74) is 2.49. The number of benzene rings is 2. The lowest BCUT2D eigenvalue weighted by Gasteiger charge is -2.42. The zero-order valence-corrected chi connectivity index (χ0v) is 16.5. The highest BCUT2D eigenvalue weighted by Gasteiger charge is 2.66. The molecular formula is C21H26N3O4+. The first-order valence-electron chi connectivity index (χ1n) is 9.39. The monoisotopic (exact) mass is 384 g/mol. The maximum atomic E-state index is 12.1. The van der Waals surface area contributed by atoms with Gasteiger partial charge < -0.3 is 5.32 Å². The van der Waals surface area contributed by atoms with Crippen molar-refractivity contribution >= 4 is 0 Å². The molecule has 28 heavy (non-hydrogen) atoms. The number of quaternary nitrogens is 1. The highest BCUT2D eigenvalue weighted by Crippen LogP contribution is 2.43. The number of piperidine rings is 1. The quantitative estimate of drug-likeness (QED) is 0.646. The minimum Gasteiger partial charge on any atom is -0.322 e. The van der Waals surface area contributed by atoms with Gasteiger partial charge in [-0.15, -0.1) is 0 Å². The summed E-state index contributed by atoms with van der Waals surface area (Å²) >= 11 is 0. The molecule has 0 bridgehead atoms. The van der Waals surface area contributed by atoms with Crippen molar-refractivity contribution < 1.29 is 15.2 Å². The Bertz CT molecular complexity index is 841. The summed E-state index contributed by atoms with van der Waals surface area (Å²) in [7, 11) is 0. The molecule has 7 nitrogen and oxygen atoms in total. The van der Waals surface area contributed by atoms with Crippen LogP contribution < -0.4 is 5.32 Å². The summed E-state index contributed by atoms with van der Waals surface area (Å²) in [6, 6.07) is 12.0. The Balaban J connectivity index is 2.21. The van der Waals surface area contributed by atoms with Crippen LogP contribution in [0, 0.1) is 39.5 Å². The van der Waals surface area contributed by atoms with E-state index >= 15 is 0 Å². The lowest BCUT2D eigenvalue weighted by molar-refractivity contribution is -0.819. The van der Waals surface area contributed by atoms with Crippen LogP contribution >= 0.6 is 0 Å². The van der Waals surface area contributed by atoms with E-state index in [2.05, 4.69) is 0 Å². The Morgan fingerprint density at radius 3 is 1.46 bits per heavy atom. The fourth-order valence-corrected chi connectivity index (χ4v) is 4.81. The predicted molar refractivity (Wildman–Crippen MR) is 105 cm³/mol. The van der Waals surface area contributed by atoms with E-state index in [9.17, 15) is 20.2 Å². The summed E-state index contributed by atoms with van der Waals surface area (Å²) in [6.07, 6.45) is 0. The predicted octanol–water partition coefficient (Wildman–Crippen LogP) is 2.98. The molecule has 0 aliphatic carbocycles. The molecule has 2 aromatic carbocycles. The van der Waals surface area contributed by atoms with Gasteiger partial charge in [-0.05, 0) is 38.8 Å². The molecule has 1 fully saturated rings. The summed E-state index contributed by atoms with van der Waals surface area (Å²) in [6.45, 7) is 7.18. The third-order valence-electron chi connectivity index (χ3n) is 6.17. The van der Waals surface area contributed by atoms with Gasteiger partial charge in [-0.25, -0.2) is 0 Å². The number of hydrogen-bond acceptors (Lipinski definition) is 4. The van der Waals surface area contributed by atoms with Crippen LogP contribution in [0.25, 0.3) is 0 Å². The van der Waals surface area contributed by atoms with Gasteiger partial charge in [-0.1, -0.05) is 48.5 Å². The van der Waals surface area contributed by atoms with Crippen LogP contribution in [0.1, 0.15) is 48.2 Å². The Morgan fingerprint density at radius 1 is 0.786 bits per heavy atom. The first kappa shape index (κ1) is 19.9. The van der Waals surface area contributed by atoms with Crippen LogP contribution in [0.2, 0.25) is 0 Å². The normalized spacial score (nSPS) is 26.6. The Morgan fingerprint density at radius 2 is 1.14 bits per heavy atom. The van der Waals surface area contributed by atoms with Crippen LogP contribution in [0.15, 0.2) is 48.5 Å². The van der Waals surface area contributed by atoms with Gasteiger partial charge in [-0.2, -0.15) is 0 Å². The van der Waals surface area contributed by atoms with E-state index in [1.165, 1.54) is 0 Å². The van der Waals surface area contributed by atoms with E-state index < -0.39 is 29.6 Å². The van der Waals surface area contributed by atoms with Gasteiger partial charge in [0.05, 0.1) is 0 Å². The molecule has 2 N–H and O–H groups in total. The molecule has 0 saturated carbocycles. The number of nitro groups is 2. The third kappa shape index (κ3) is 3.26. The minimum absolute atomic E-state index is 0.335. The van der Waals surface area contributed by atoms with Crippen LogP contribution in [-0.4, -0.2) is 21.9 Å². The molecule has 1 aliphatic rings. The molecule has 2 aromatic rings. The van der Waals surface area contributed by atoms with Crippen LogP contribution in [0.5, 0.6) is 0 Å². The Hall–Kier alpha value is -2.80. The van der Waals surface area contributed by atoms with Crippen molar-refractivity contribution in [2.24, 2.45) is 5.41 Å². The van der Waals surface area contributed by atoms with Gasteiger partial charge in [0.25, 0.3) is 12.1 Å². The maximum absolute atomic E-state index is 12.1. The molecule has 0 amide bonds. The summed E-state index contributed by atoms with van der Waals surface area (Å²) < 4.78 is 0. The van der Waals surface area contributed by atoms with Gasteiger partial charge in [0.2, 0.25) is 0 Å². The maximum Gasteiger partial charge on any atom is 0.279 e. The second-order valence-corrected chi connectivity index (χ2v) is 8.24. The Kier molecular flexibility index (Phi) is 5.21. The van der Waals surface area contributed by atoms with Crippen molar-refractivity contribution in [1.29, 1.82) is 0 Å². The number of nitrogens with two attached hydrogens (primary N) is 1. The van der Waals surface area contributed by atoms with Gasteiger partial charge in [0, 0.05) is 21.0 Å². The van der Waals surface area contributed by atoms with Crippen LogP contribution in [0.3, 0.4) is 0 Å². The second kappa shape index (κ2) is 7.31. The van der Waals surface area contributed by atoms with Crippen molar-refractivity contribution in [3.05, 3.63) is 91.0 Å². The van der Waals surface area contributed by atoms with Gasteiger partial charge in [0.15, 0.2) is 12.1 Å². The van der Waals surface area contributed by atoms with Crippen LogP contribution in [-0.2, 0) is 0 Å². The molecule has 3 rings (SSSR count). The van der Waals surface area contributed by atoms with Gasteiger partial charge in [0.1, 0.15) is 5.41 Å². The molecule has 1 aliphatic heterocycles. The molecule has 148 valence electrons. The average molecular weight is 384 g/mol. The van der Waals surface area contributed by atoms with E-state index in [-0.39, 0.29) is 9.85 Å². The highest BCUT2D eigenvalue weighted by molar-refractivity contribution is 5.32. The number of nitrogens with zero attached hydrogens (tertiary/aromatic N) is 2. The molecule has 7 heteroatoms. The highest BCUT2D eigenvalue weighted by atomic mass is 16.6. The van der Waals surface area contributed by atoms with Crippen LogP contribution in [0.4, 0.5) is 0 Å². The van der Waals surface area contributed by atoms with Gasteiger partial charge >= 0.3 is 0 Å². The Labute approximate surface area is 164 Å². The summed E-state index contributed by atoms with van der Waals surface area (Å²) in [5.74, 6) is 0. The van der Waals surface area contributed by atoms with E-state index in [0.29, 0.717) is 0 Å². The zero-order valence-electron chi connectivity index (χ0n) is 16.5. The third-order valence-corrected chi connectivity index (χ3v) is 6.17. The van der Waals surface area contributed by atoms with E-state index in [1.54, 1.807) is 13.8 Å². The fourth-order valence-electron chi connectivity index (χ4n) is 4.81. The molecule has 1 saturated heterocycles. The topological polar surface area (TPSA) is 103 Å². The van der Waals surface area contributed by atoms with E-state index in [0.717, 1.165) is 22.3 Å². The van der Waals surface area contributed by atoms with E-state index in [4.69, 9.17) is 0 Å². The molecule has 0 radical (unpaired) electrons. The fraction of sp³-hybridized carbons (Fsp3) is 0.429. The standard InChI is InChI=1S/C21H25N3O4/c1-13-9-5-7-11-15(13)17-19(23(25)26)21(3,4)20(24(27)28)18(22-17)16-12-8-6-10-14(16)2/h5-12,17-20,22H,1-4H3/p+1/t17-,18-,19-,20+/m0/s1. The summed E-state index contributed by atoms with van der Waals surface area (Å²) in [4.78, 5) is 23.5. The molecule has 0 unspecified atom stereocenters. The largest absolute Gasteiger partial charge is 0.322 e. The zero-order chi connectivity index (χ0) is 20.6. The summed E-state index contributed by atoms with van der Waals surface area (Å²) in [5, 5.41) is 26.1. The van der Waals surface area contributed by atoms with Crippen molar-refractivity contribution in [3.8, 4) is 0 Å². The van der Waals surface area contributed by atoms with E-state index in [1.807, 2.05) is 67.7 Å². The van der Waals surface area contributed by atoms with Crippen molar-refractivity contribution in [2.75, 3.05) is 0 Å². The molecule has 4 atom stereocenters. The number of aryl methyl sites for hydroxylation is 2. The molecular weight excluding hydrogens is 358 g/mol. The number of hydrogen-bond donors (Lipinski definition) is 1. The van der Waals surface area contributed by atoms with Gasteiger partial charge in [-0.3, -0.25) is 20.2 Å². The van der Waals surface area contributed by atoms with Crippen molar-refractivity contribution in [3.63, 3.8) is 0 Å². The van der Waals surface area contributed by atoms with Crippen molar-refractivity contribution in [1.82, 2.24) is 0 Å². The first-order valence-corrected chi connectivity index (χ1v) is 9.39. The molecule has 0 aromatic heterocycles. The lowest BCUT2D eigenvalue weighted by atomic mass is 9.66. The minimum atomic E-state index is -1.14. The smallest absolute Gasteiger partial charge is 0.279 e. The van der Waals surface area contributed by atoms with Crippen molar-refractivity contribution in [2.45, 2.75) is 51.9 Å². The lowest BCUT2D eigenvalue weighted by Crippen LogP contribution is -2.96.